The second-order valence-corrected chi connectivity index (χ2v) is 4.21. The Kier molecular flexibility index (Phi) is 2.26. The number of hydrogen-bond donors (Lipinski definition) is 1. The van der Waals surface area contributed by atoms with E-state index >= 15 is 0 Å². The van der Waals surface area contributed by atoms with E-state index in [1.165, 1.54) is 5.39 Å². The van der Waals surface area contributed by atoms with Crippen LogP contribution in [0.3, 0.4) is 0 Å². The van der Waals surface area contributed by atoms with E-state index in [0.717, 1.165) is 30.1 Å². The molecule has 0 aliphatic carbocycles. The molecule has 2 heterocycles. The van der Waals surface area contributed by atoms with Crippen LogP contribution < -0.4 is 5.32 Å². The predicted molar refractivity (Wildman–Crippen MR) is 64.7 cm³/mol. The number of anilines is 1. The topological polar surface area (TPSA) is 34.1 Å². The highest BCUT2D eigenvalue weighted by atomic mass is 16.5. The molecule has 1 aromatic carbocycles. The van der Waals surface area contributed by atoms with Gasteiger partial charge in [-0.3, -0.25) is 4.98 Å². The van der Waals surface area contributed by atoms with Crippen LogP contribution in [0, 0.1) is 6.92 Å². The van der Waals surface area contributed by atoms with E-state index in [2.05, 4.69) is 34.6 Å². The van der Waals surface area contributed by atoms with Crippen molar-refractivity contribution >= 4 is 16.6 Å². The second kappa shape index (κ2) is 3.76. The highest BCUT2D eigenvalue weighted by Crippen LogP contribution is 2.23. The summed E-state index contributed by atoms with van der Waals surface area (Å²) in [5, 5.41) is 4.64. The number of ether oxygens (including phenoxy) is 1. The van der Waals surface area contributed by atoms with Crippen LogP contribution in [-0.4, -0.2) is 24.2 Å². The number of aryl methyl sites for hydroxylation is 1. The number of pyridine rings is 1. The lowest BCUT2D eigenvalue weighted by molar-refractivity contribution is 0.0211. The van der Waals surface area contributed by atoms with E-state index < -0.39 is 0 Å². The minimum absolute atomic E-state index is 0.438. The Labute approximate surface area is 94.5 Å². The number of nitrogens with zero attached hydrogens (tertiary/aromatic N) is 1. The minimum Gasteiger partial charge on any atom is -0.377 e. The molecule has 0 bridgehead atoms. The molecule has 0 unspecified atom stereocenters. The maximum atomic E-state index is 5.16. The van der Waals surface area contributed by atoms with E-state index in [9.17, 15) is 0 Å². The SMILES string of the molecule is Cc1ccc2cccc(NC3COC3)c2n1. The summed E-state index contributed by atoms with van der Waals surface area (Å²) >= 11 is 0. The maximum Gasteiger partial charge on any atom is 0.0936 e. The molecular formula is C13H14N2O. The quantitative estimate of drug-likeness (QED) is 0.833. The summed E-state index contributed by atoms with van der Waals surface area (Å²) in [5.74, 6) is 0. The molecule has 1 N–H and O–H groups in total. The lowest BCUT2D eigenvalue weighted by Gasteiger charge is -2.28. The molecule has 1 aliphatic heterocycles. The third-order valence-electron chi connectivity index (χ3n) is 2.86. The molecule has 1 aliphatic rings. The summed E-state index contributed by atoms with van der Waals surface area (Å²) < 4.78 is 5.16. The van der Waals surface area contributed by atoms with Crippen LogP contribution in [0.25, 0.3) is 10.9 Å². The van der Waals surface area contributed by atoms with Crippen molar-refractivity contribution in [3.8, 4) is 0 Å². The molecule has 0 atom stereocenters. The first kappa shape index (κ1) is 9.60. The Balaban J connectivity index is 2.04. The molecule has 0 radical (unpaired) electrons. The molecule has 1 aromatic heterocycles. The molecular weight excluding hydrogens is 200 g/mol. The Hall–Kier alpha value is -1.61. The van der Waals surface area contributed by atoms with Crippen molar-refractivity contribution in [3.05, 3.63) is 36.0 Å². The molecule has 1 fully saturated rings. The Morgan fingerprint density at radius 3 is 2.88 bits per heavy atom. The third-order valence-corrected chi connectivity index (χ3v) is 2.86. The summed E-state index contributed by atoms with van der Waals surface area (Å²) in [6, 6.07) is 10.8. The first-order chi connectivity index (χ1) is 7.83. The van der Waals surface area contributed by atoms with E-state index in [-0.39, 0.29) is 0 Å². The zero-order valence-electron chi connectivity index (χ0n) is 9.23. The molecule has 2 aromatic rings. The Morgan fingerprint density at radius 1 is 1.25 bits per heavy atom. The third kappa shape index (κ3) is 1.63. The van der Waals surface area contributed by atoms with Crippen molar-refractivity contribution in [2.75, 3.05) is 18.5 Å². The molecule has 0 saturated carbocycles. The van der Waals surface area contributed by atoms with Crippen molar-refractivity contribution in [2.24, 2.45) is 0 Å². The van der Waals surface area contributed by atoms with Gasteiger partial charge in [0.2, 0.25) is 0 Å². The Bertz CT molecular complexity index is 520. The summed E-state index contributed by atoms with van der Waals surface area (Å²) in [6.07, 6.45) is 0. The van der Waals surface area contributed by atoms with Crippen LogP contribution in [-0.2, 0) is 4.74 Å². The molecule has 3 rings (SSSR count). The Morgan fingerprint density at radius 2 is 2.12 bits per heavy atom. The second-order valence-electron chi connectivity index (χ2n) is 4.21. The standard InChI is InChI=1S/C13H14N2O/c1-9-5-6-10-3-2-4-12(13(10)14-9)15-11-7-16-8-11/h2-6,11,15H,7-8H2,1H3. The summed E-state index contributed by atoms with van der Waals surface area (Å²) in [5.41, 5.74) is 3.20. The first-order valence-corrected chi connectivity index (χ1v) is 5.53. The fourth-order valence-corrected chi connectivity index (χ4v) is 1.90. The highest BCUT2D eigenvalue weighted by Gasteiger charge is 2.18. The average molecular weight is 214 g/mol. The zero-order chi connectivity index (χ0) is 11.0. The number of para-hydroxylation sites is 1. The largest absolute Gasteiger partial charge is 0.377 e. The van der Waals surface area contributed by atoms with E-state index in [4.69, 9.17) is 4.74 Å². The highest BCUT2D eigenvalue weighted by molar-refractivity contribution is 5.90. The summed E-state index contributed by atoms with van der Waals surface area (Å²) in [4.78, 5) is 4.58. The zero-order valence-corrected chi connectivity index (χ0v) is 9.23. The van der Waals surface area contributed by atoms with Gasteiger partial charge in [0.05, 0.1) is 30.5 Å². The normalized spacial score (nSPS) is 16.1. The molecule has 3 nitrogen and oxygen atoms in total. The van der Waals surface area contributed by atoms with Crippen molar-refractivity contribution in [2.45, 2.75) is 13.0 Å². The number of nitrogens with one attached hydrogen (secondary N) is 1. The van der Waals surface area contributed by atoms with Gasteiger partial charge in [0.25, 0.3) is 0 Å². The van der Waals surface area contributed by atoms with Crippen molar-refractivity contribution in [1.29, 1.82) is 0 Å². The number of benzene rings is 1. The van der Waals surface area contributed by atoms with Crippen molar-refractivity contribution in [3.63, 3.8) is 0 Å². The van der Waals surface area contributed by atoms with Gasteiger partial charge in [-0.1, -0.05) is 18.2 Å². The van der Waals surface area contributed by atoms with Crippen molar-refractivity contribution < 1.29 is 4.74 Å². The predicted octanol–water partition coefficient (Wildman–Crippen LogP) is 2.35. The van der Waals surface area contributed by atoms with Crippen LogP contribution in [0.2, 0.25) is 0 Å². The number of rotatable bonds is 2. The fraction of sp³-hybridized carbons (Fsp3) is 0.308. The van der Waals surface area contributed by atoms with Gasteiger partial charge in [0, 0.05) is 11.1 Å². The van der Waals surface area contributed by atoms with E-state index in [0.29, 0.717) is 6.04 Å². The van der Waals surface area contributed by atoms with Crippen LogP contribution in [0.1, 0.15) is 5.69 Å². The van der Waals surface area contributed by atoms with Crippen LogP contribution in [0.5, 0.6) is 0 Å². The molecule has 16 heavy (non-hydrogen) atoms. The molecule has 0 spiro atoms. The van der Waals surface area contributed by atoms with Gasteiger partial charge in [0.15, 0.2) is 0 Å². The smallest absolute Gasteiger partial charge is 0.0936 e. The molecule has 1 saturated heterocycles. The fourth-order valence-electron chi connectivity index (χ4n) is 1.90. The summed E-state index contributed by atoms with van der Waals surface area (Å²) in [6.45, 7) is 3.60. The number of aromatic nitrogens is 1. The first-order valence-electron chi connectivity index (χ1n) is 5.53. The minimum atomic E-state index is 0.438. The lowest BCUT2D eigenvalue weighted by atomic mass is 10.1. The number of fused-ring (bicyclic) bond motifs is 1. The maximum absolute atomic E-state index is 5.16. The van der Waals surface area contributed by atoms with Gasteiger partial charge in [-0.25, -0.2) is 0 Å². The van der Waals surface area contributed by atoms with Crippen LogP contribution in [0.15, 0.2) is 30.3 Å². The van der Waals surface area contributed by atoms with Crippen LogP contribution in [0.4, 0.5) is 5.69 Å². The van der Waals surface area contributed by atoms with Gasteiger partial charge in [-0.2, -0.15) is 0 Å². The summed E-state index contributed by atoms with van der Waals surface area (Å²) in [7, 11) is 0. The number of hydrogen-bond acceptors (Lipinski definition) is 3. The van der Waals surface area contributed by atoms with E-state index in [1.807, 2.05) is 13.0 Å². The molecule has 3 heteroatoms. The van der Waals surface area contributed by atoms with Gasteiger partial charge < -0.3 is 10.1 Å². The lowest BCUT2D eigenvalue weighted by Crippen LogP contribution is -2.40. The van der Waals surface area contributed by atoms with E-state index in [1.54, 1.807) is 0 Å². The average Bonchev–Trinajstić information content (AvgIpc) is 2.23. The molecule has 82 valence electrons. The monoisotopic (exact) mass is 214 g/mol. The molecule has 0 amide bonds. The van der Waals surface area contributed by atoms with Gasteiger partial charge >= 0.3 is 0 Å². The van der Waals surface area contributed by atoms with Gasteiger partial charge in [0.1, 0.15) is 0 Å². The van der Waals surface area contributed by atoms with Gasteiger partial charge in [-0.15, -0.1) is 0 Å². The van der Waals surface area contributed by atoms with Crippen molar-refractivity contribution in [1.82, 2.24) is 4.98 Å². The van der Waals surface area contributed by atoms with Crippen LogP contribution >= 0.6 is 0 Å². The van der Waals surface area contributed by atoms with Gasteiger partial charge in [-0.05, 0) is 19.1 Å².